The molecule has 1 aromatic carbocycles. The third kappa shape index (κ3) is 1.48. The average Bonchev–Trinajstić information content (AvgIpc) is 2.28. The summed E-state index contributed by atoms with van der Waals surface area (Å²) in [5.41, 5.74) is -0.0377. The van der Waals surface area contributed by atoms with Crippen LogP contribution >= 0.6 is 0 Å². The van der Waals surface area contributed by atoms with Crippen molar-refractivity contribution in [1.82, 2.24) is 4.57 Å². The Labute approximate surface area is 91.4 Å². The molecule has 4 heteroatoms. The van der Waals surface area contributed by atoms with E-state index in [2.05, 4.69) is 11.0 Å². The predicted octanol–water partition coefficient (Wildman–Crippen LogP) is 1.70. The van der Waals surface area contributed by atoms with E-state index in [0.29, 0.717) is 10.9 Å². The monoisotopic (exact) mass is 217 g/mol. The molecule has 1 aromatic heterocycles. The molecule has 4 nitrogen and oxygen atoms in total. The summed E-state index contributed by atoms with van der Waals surface area (Å²) < 4.78 is 6.06. The van der Waals surface area contributed by atoms with Crippen LogP contribution in [-0.4, -0.2) is 4.57 Å². The maximum atomic E-state index is 11.6. The fourth-order valence-corrected chi connectivity index (χ4v) is 1.63. The Morgan fingerprint density at radius 1 is 1.38 bits per heavy atom. The minimum Gasteiger partial charge on any atom is -0.372 e. The average molecular weight is 217 g/mol. The van der Waals surface area contributed by atoms with E-state index >= 15 is 0 Å². The minimum atomic E-state index is -0.656. The molecule has 0 saturated heterocycles. The molecule has 2 rings (SSSR count). The lowest BCUT2D eigenvalue weighted by Crippen LogP contribution is -2.26. The zero-order valence-electron chi connectivity index (χ0n) is 8.84. The van der Waals surface area contributed by atoms with Crippen LogP contribution in [0, 0.1) is 0 Å². The molecule has 1 atom stereocenters. The lowest BCUT2D eigenvalue weighted by molar-refractivity contribution is 0.409. The van der Waals surface area contributed by atoms with E-state index in [1.54, 1.807) is 37.3 Å². The maximum absolute atomic E-state index is 11.6. The molecule has 0 aliphatic heterocycles. The quantitative estimate of drug-likeness (QED) is 0.719. The molecule has 0 N–H and O–H groups in total. The molecular weight excluding hydrogens is 206 g/mol. The van der Waals surface area contributed by atoms with Crippen LogP contribution in [0.4, 0.5) is 0 Å². The number of hydrogen-bond donors (Lipinski definition) is 0. The summed E-state index contributed by atoms with van der Waals surface area (Å²) >= 11 is 0. The van der Waals surface area contributed by atoms with E-state index in [9.17, 15) is 9.59 Å². The van der Waals surface area contributed by atoms with Crippen LogP contribution in [0.1, 0.15) is 13.0 Å². The maximum Gasteiger partial charge on any atom is 0.422 e. The van der Waals surface area contributed by atoms with Crippen LogP contribution in [0.15, 0.2) is 50.9 Å². The third-order valence-electron chi connectivity index (χ3n) is 2.51. The Bertz CT molecular complexity index is 651. The van der Waals surface area contributed by atoms with Crippen molar-refractivity contribution in [3.63, 3.8) is 0 Å². The number of fused-ring (bicyclic) bond motifs is 1. The largest absolute Gasteiger partial charge is 0.422 e. The first-order valence-electron chi connectivity index (χ1n) is 4.92. The van der Waals surface area contributed by atoms with Crippen LogP contribution < -0.4 is 11.4 Å². The van der Waals surface area contributed by atoms with Crippen LogP contribution in [-0.2, 0) is 0 Å². The number of para-hydroxylation sites is 1. The summed E-state index contributed by atoms with van der Waals surface area (Å²) in [7, 11) is 0. The summed E-state index contributed by atoms with van der Waals surface area (Å²) in [6.07, 6.45) is 1.62. The van der Waals surface area contributed by atoms with Gasteiger partial charge in [-0.2, -0.15) is 0 Å². The van der Waals surface area contributed by atoms with Crippen molar-refractivity contribution < 1.29 is 4.42 Å². The van der Waals surface area contributed by atoms with Crippen molar-refractivity contribution in [2.45, 2.75) is 13.0 Å². The summed E-state index contributed by atoms with van der Waals surface area (Å²) in [6, 6.07) is 6.63. The highest BCUT2D eigenvalue weighted by molar-refractivity contribution is 5.77. The first-order valence-corrected chi connectivity index (χ1v) is 4.92. The van der Waals surface area contributed by atoms with Crippen LogP contribution in [0.2, 0.25) is 0 Å². The number of rotatable bonds is 2. The van der Waals surface area contributed by atoms with Crippen molar-refractivity contribution in [2.75, 3.05) is 0 Å². The molecule has 0 aliphatic carbocycles. The molecule has 0 aliphatic rings. The number of aromatic nitrogens is 1. The molecule has 0 bridgehead atoms. The molecule has 1 unspecified atom stereocenters. The molecule has 0 spiro atoms. The van der Waals surface area contributed by atoms with Gasteiger partial charge < -0.3 is 4.42 Å². The fourth-order valence-electron chi connectivity index (χ4n) is 1.63. The lowest BCUT2D eigenvalue weighted by Gasteiger charge is -2.11. The van der Waals surface area contributed by atoms with Gasteiger partial charge in [0.15, 0.2) is 0 Å². The van der Waals surface area contributed by atoms with E-state index in [1.807, 2.05) is 0 Å². The highest BCUT2D eigenvalue weighted by Crippen LogP contribution is 2.12. The summed E-state index contributed by atoms with van der Waals surface area (Å²) in [4.78, 5) is 23.1. The van der Waals surface area contributed by atoms with E-state index < -0.39 is 11.4 Å². The first-order chi connectivity index (χ1) is 7.65. The number of benzene rings is 1. The summed E-state index contributed by atoms with van der Waals surface area (Å²) in [6.45, 7) is 5.43. The van der Waals surface area contributed by atoms with Crippen LogP contribution in [0.25, 0.3) is 10.9 Å². The van der Waals surface area contributed by atoms with Gasteiger partial charge in [-0.3, -0.25) is 4.57 Å². The van der Waals surface area contributed by atoms with Gasteiger partial charge in [-0.15, -0.1) is 6.58 Å². The zero-order valence-corrected chi connectivity index (χ0v) is 8.84. The first kappa shape index (κ1) is 10.4. The highest BCUT2D eigenvalue weighted by atomic mass is 16.4. The number of nitrogens with zero attached hydrogens (tertiary/aromatic N) is 1. The molecule has 2 aromatic rings. The van der Waals surface area contributed by atoms with Gasteiger partial charge in [-0.1, -0.05) is 18.2 Å². The molecule has 0 saturated carbocycles. The van der Waals surface area contributed by atoms with Crippen LogP contribution in [0.5, 0.6) is 0 Å². The van der Waals surface area contributed by atoms with E-state index in [-0.39, 0.29) is 6.04 Å². The Morgan fingerprint density at radius 2 is 2.06 bits per heavy atom. The van der Waals surface area contributed by atoms with Crippen molar-refractivity contribution in [1.29, 1.82) is 0 Å². The van der Waals surface area contributed by atoms with Gasteiger partial charge in [-0.05, 0) is 19.1 Å². The smallest absolute Gasteiger partial charge is 0.372 e. The van der Waals surface area contributed by atoms with Gasteiger partial charge in [-0.25, -0.2) is 9.59 Å². The van der Waals surface area contributed by atoms with Crippen molar-refractivity contribution in [2.24, 2.45) is 0 Å². The highest BCUT2D eigenvalue weighted by Gasteiger charge is 2.11. The van der Waals surface area contributed by atoms with Crippen molar-refractivity contribution in [3.05, 3.63) is 57.9 Å². The molecule has 16 heavy (non-hydrogen) atoms. The van der Waals surface area contributed by atoms with E-state index in [1.165, 1.54) is 4.57 Å². The normalized spacial score (nSPS) is 12.6. The Morgan fingerprint density at radius 3 is 2.75 bits per heavy atom. The topological polar surface area (TPSA) is 52.2 Å². The Kier molecular flexibility index (Phi) is 2.48. The fraction of sp³-hybridized carbons (Fsp3) is 0.167. The second-order valence-electron chi connectivity index (χ2n) is 3.52. The van der Waals surface area contributed by atoms with Gasteiger partial charge in [0.05, 0.1) is 16.9 Å². The summed E-state index contributed by atoms with van der Waals surface area (Å²) in [5.74, 6) is -0.656. The lowest BCUT2D eigenvalue weighted by atomic mass is 10.2. The SMILES string of the molecule is C=CC(C)n1c(=O)oc(=O)c2ccccc21. The van der Waals surface area contributed by atoms with Crippen LogP contribution in [0.3, 0.4) is 0 Å². The second kappa shape index (κ2) is 3.81. The van der Waals surface area contributed by atoms with E-state index in [0.717, 1.165) is 0 Å². The number of allylic oxidation sites excluding steroid dienone is 1. The molecular formula is C12H11NO3. The minimum absolute atomic E-state index is 0.221. The third-order valence-corrected chi connectivity index (χ3v) is 2.51. The number of hydrogen-bond acceptors (Lipinski definition) is 3. The van der Waals surface area contributed by atoms with Crippen molar-refractivity contribution >= 4 is 10.9 Å². The molecule has 0 radical (unpaired) electrons. The predicted molar refractivity (Wildman–Crippen MR) is 61.7 cm³/mol. The summed E-state index contributed by atoms with van der Waals surface area (Å²) in [5, 5.41) is 0.399. The molecule has 1 heterocycles. The molecule has 82 valence electrons. The van der Waals surface area contributed by atoms with Gasteiger partial charge in [0.2, 0.25) is 0 Å². The van der Waals surface area contributed by atoms with Gasteiger partial charge in [0.25, 0.3) is 0 Å². The standard InChI is InChI=1S/C12H11NO3/c1-3-8(2)13-10-7-5-4-6-9(10)11(14)16-12(13)15/h3-8H,1H2,2H3. The zero-order chi connectivity index (χ0) is 11.7. The van der Waals surface area contributed by atoms with Gasteiger partial charge >= 0.3 is 11.4 Å². The van der Waals surface area contributed by atoms with Gasteiger partial charge in [0.1, 0.15) is 0 Å². The van der Waals surface area contributed by atoms with Gasteiger partial charge in [0, 0.05) is 0 Å². The molecule has 0 amide bonds. The Hall–Kier alpha value is -2.10. The Balaban J connectivity index is 2.98. The van der Waals surface area contributed by atoms with Crippen molar-refractivity contribution in [3.8, 4) is 0 Å². The van der Waals surface area contributed by atoms with E-state index in [4.69, 9.17) is 0 Å². The molecule has 0 fully saturated rings. The second-order valence-corrected chi connectivity index (χ2v) is 3.52.